The van der Waals surface area contributed by atoms with Crippen molar-refractivity contribution in [2.24, 2.45) is 0 Å². The van der Waals surface area contributed by atoms with Crippen LogP contribution in [0.4, 0.5) is 5.82 Å². The lowest BCUT2D eigenvalue weighted by molar-refractivity contribution is -0.898. The van der Waals surface area contributed by atoms with Crippen molar-refractivity contribution < 1.29 is 9.64 Å². The Bertz CT molecular complexity index is 796. The van der Waals surface area contributed by atoms with Crippen LogP contribution in [0.15, 0.2) is 5.16 Å². The Morgan fingerprint density at radius 1 is 1.23 bits per heavy atom. The highest BCUT2D eigenvalue weighted by molar-refractivity contribution is 7.99. The molecular formula is C19H29N4OS2+. The summed E-state index contributed by atoms with van der Waals surface area (Å²) in [5.74, 6) is 2.16. The molecule has 26 heavy (non-hydrogen) atoms. The third-order valence-corrected chi connectivity index (χ3v) is 7.26. The largest absolute Gasteiger partial charge is 0.370 e. The maximum Gasteiger partial charge on any atom is 0.190 e. The van der Waals surface area contributed by atoms with Crippen LogP contribution in [0.1, 0.15) is 38.1 Å². The van der Waals surface area contributed by atoms with Crippen LogP contribution in [0.25, 0.3) is 10.2 Å². The van der Waals surface area contributed by atoms with Crippen LogP contribution < -0.4 is 9.80 Å². The number of nitrogens with one attached hydrogen (secondary N) is 1. The van der Waals surface area contributed by atoms with E-state index in [1.807, 2.05) is 0 Å². The number of likely N-dealkylation sites (N-methyl/N-ethyl adjacent to an activating group) is 1. The van der Waals surface area contributed by atoms with Crippen molar-refractivity contribution in [3.05, 3.63) is 10.4 Å². The smallest absolute Gasteiger partial charge is 0.190 e. The summed E-state index contributed by atoms with van der Waals surface area (Å²) in [5.41, 5.74) is 1.31. The van der Waals surface area contributed by atoms with E-state index in [0.717, 1.165) is 41.1 Å². The van der Waals surface area contributed by atoms with Gasteiger partial charge in [-0.15, -0.1) is 11.3 Å². The monoisotopic (exact) mass is 393 g/mol. The van der Waals surface area contributed by atoms with Crippen molar-refractivity contribution in [3.8, 4) is 0 Å². The molecule has 0 radical (unpaired) electrons. The molecule has 0 aromatic carbocycles. The van der Waals surface area contributed by atoms with Crippen LogP contribution in [0.5, 0.6) is 0 Å². The molecule has 0 spiro atoms. The van der Waals surface area contributed by atoms with Crippen molar-refractivity contribution in [1.29, 1.82) is 0 Å². The number of anilines is 1. The number of hydrogen-bond donors (Lipinski definition) is 1. The molecule has 0 unspecified atom stereocenters. The number of piperazine rings is 1. The van der Waals surface area contributed by atoms with Crippen molar-refractivity contribution in [2.75, 3.05) is 43.4 Å². The summed E-state index contributed by atoms with van der Waals surface area (Å²) >= 11 is 3.54. The second-order valence-electron chi connectivity index (χ2n) is 7.76. The lowest BCUT2D eigenvalue weighted by Crippen LogP contribution is -3.14. The predicted octanol–water partition coefficient (Wildman–Crippen LogP) is 2.38. The third kappa shape index (κ3) is 3.46. The predicted molar refractivity (Wildman–Crippen MR) is 110 cm³/mol. The fourth-order valence-electron chi connectivity index (χ4n) is 3.92. The standard InChI is InChI=1S/C19H28N4OS2/c1-5-22-7-9-23(10-8-22)16-15-13-11-19(3,4)24-12-14(13)26-17(15)21-18(20-16)25-6-2/h5-12H2,1-4H3/p+1. The van der Waals surface area contributed by atoms with E-state index in [0.29, 0.717) is 6.61 Å². The van der Waals surface area contributed by atoms with Gasteiger partial charge in [0.25, 0.3) is 0 Å². The number of aromatic nitrogens is 2. The molecule has 2 aliphatic rings. The van der Waals surface area contributed by atoms with Gasteiger partial charge in [-0.2, -0.15) is 0 Å². The Hall–Kier alpha value is -0.890. The average Bonchev–Trinajstić information content (AvgIpc) is 2.98. The molecule has 5 nitrogen and oxygen atoms in total. The highest BCUT2D eigenvalue weighted by atomic mass is 32.2. The van der Waals surface area contributed by atoms with Gasteiger partial charge < -0.3 is 14.5 Å². The Kier molecular flexibility index (Phi) is 5.16. The molecule has 0 atom stereocenters. The molecule has 0 amide bonds. The number of quaternary nitrogens is 1. The van der Waals surface area contributed by atoms with Gasteiger partial charge in [-0.1, -0.05) is 18.7 Å². The fraction of sp³-hybridized carbons (Fsp3) is 0.684. The molecule has 0 saturated carbocycles. The number of thioether (sulfide) groups is 1. The highest BCUT2D eigenvalue weighted by Gasteiger charge is 2.32. The van der Waals surface area contributed by atoms with Gasteiger partial charge in [0.05, 0.1) is 50.3 Å². The molecule has 4 rings (SSSR count). The van der Waals surface area contributed by atoms with Crippen molar-refractivity contribution >= 4 is 39.1 Å². The molecule has 2 aromatic heterocycles. The number of fused-ring (bicyclic) bond motifs is 3. The lowest BCUT2D eigenvalue weighted by Gasteiger charge is -2.34. The van der Waals surface area contributed by atoms with E-state index in [4.69, 9.17) is 14.7 Å². The number of ether oxygens (including phenoxy) is 1. The van der Waals surface area contributed by atoms with Gasteiger partial charge in [-0.25, -0.2) is 9.97 Å². The van der Waals surface area contributed by atoms with Gasteiger partial charge in [-0.3, -0.25) is 0 Å². The van der Waals surface area contributed by atoms with Crippen LogP contribution in [-0.2, 0) is 17.8 Å². The fourth-order valence-corrected chi connectivity index (χ4v) is 5.64. The summed E-state index contributed by atoms with van der Waals surface area (Å²) in [6, 6.07) is 0. The summed E-state index contributed by atoms with van der Waals surface area (Å²) in [6.45, 7) is 15.3. The van der Waals surface area contributed by atoms with Crippen LogP contribution in [-0.4, -0.2) is 54.0 Å². The summed E-state index contributed by atoms with van der Waals surface area (Å²) in [7, 11) is 0. The Morgan fingerprint density at radius 2 is 2.00 bits per heavy atom. The zero-order valence-electron chi connectivity index (χ0n) is 16.2. The van der Waals surface area contributed by atoms with Gasteiger partial charge in [0, 0.05) is 11.3 Å². The second kappa shape index (κ2) is 7.26. The molecule has 1 N–H and O–H groups in total. The molecule has 1 saturated heterocycles. The maximum absolute atomic E-state index is 6.05. The zero-order valence-corrected chi connectivity index (χ0v) is 17.9. The van der Waals surface area contributed by atoms with Gasteiger partial charge in [0.1, 0.15) is 10.6 Å². The molecular weight excluding hydrogens is 364 g/mol. The molecule has 0 bridgehead atoms. The van der Waals surface area contributed by atoms with Crippen LogP contribution in [0.3, 0.4) is 0 Å². The van der Waals surface area contributed by atoms with E-state index in [2.05, 4.69) is 32.6 Å². The number of thiophene rings is 1. The lowest BCUT2D eigenvalue weighted by atomic mass is 9.94. The first-order valence-electron chi connectivity index (χ1n) is 9.68. The highest BCUT2D eigenvalue weighted by Crippen LogP contribution is 2.42. The molecule has 142 valence electrons. The van der Waals surface area contributed by atoms with Crippen LogP contribution in [0, 0.1) is 0 Å². The van der Waals surface area contributed by atoms with Gasteiger partial charge in [-0.05, 0) is 32.1 Å². The molecule has 4 heterocycles. The van der Waals surface area contributed by atoms with Crippen molar-refractivity contribution in [3.63, 3.8) is 0 Å². The minimum atomic E-state index is -0.111. The normalized spacial score (nSPS) is 20.5. The number of nitrogens with zero attached hydrogens (tertiary/aromatic N) is 3. The van der Waals surface area contributed by atoms with Crippen molar-refractivity contribution in [1.82, 2.24) is 9.97 Å². The van der Waals surface area contributed by atoms with Crippen LogP contribution in [0.2, 0.25) is 0 Å². The molecule has 1 fully saturated rings. The summed E-state index contributed by atoms with van der Waals surface area (Å²) in [4.78, 5) is 16.6. The topological polar surface area (TPSA) is 42.7 Å². The van der Waals surface area contributed by atoms with Crippen LogP contribution >= 0.6 is 23.1 Å². The molecule has 0 aliphatic carbocycles. The van der Waals surface area contributed by atoms with E-state index in [9.17, 15) is 0 Å². The number of hydrogen-bond acceptors (Lipinski definition) is 6. The first-order chi connectivity index (χ1) is 12.5. The molecule has 2 aromatic rings. The maximum atomic E-state index is 6.05. The van der Waals surface area contributed by atoms with Gasteiger partial charge in [0.15, 0.2) is 5.16 Å². The molecule has 2 aliphatic heterocycles. The zero-order chi connectivity index (χ0) is 18.3. The van der Waals surface area contributed by atoms with Crippen molar-refractivity contribution in [2.45, 2.75) is 51.5 Å². The van der Waals surface area contributed by atoms with E-state index in [1.165, 1.54) is 35.5 Å². The average molecular weight is 394 g/mol. The van der Waals surface area contributed by atoms with E-state index in [1.54, 1.807) is 28.0 Å². The second-order valence-corrected chi connectivity index (χ2v) is 10.1. The Balaban J connectivity index is 1.80. The first-order valence-corrected chi connectivity index (χ1v) is 11.5. The van der Waals surface area contributed by atoms with Gasteiger partial charge in [0.2, 0.25) is 0 Å². The summed E-state index contributed by atoms with van der Waals surface area (Å²) in [6.07, 6.45) is 0.944. The minimum Gasteiger partial charge on any atom is -0.370 e. The minimum absolute atomic E-state index is 0.111. The van der Waals surface area contributed by atoms with E-state index >= 15 is 0 Å². The Labute approximate surface area is 164 Å². The summed E-state index contributed by atoms with van der Waals surface area (Å²) in [5, 5.41) is 2.21. The Morgan fingerprint density at radius 3 is 2.69 bits per heavy atom. The SMILES string of the molecule is CCSc1nc(N2CC[NH+](CC)CC2)c2c3c(sc2n1)COC(C)(C)C3. The van der Waals surface area contributed by atoms with E-state index in [-0.39, 0.29) is 5.60 Å². The summed E-state index contributed by atoms with van der Waals surface area (Å²) < 4.78 is 6.05. The first kappa shape index (κ1) is 18.5. The van der Waals surface area contributed by atoms with Gasteiger partial charge >= 0.3 is 0 Å². The molecule has 7 heteroatoms. The quantitative estimate of drug-likeness (QED) is 0.638. The van der Waals surface area contributed by atoms with E-state index < -0.39 is 0 Å². The number of rotatable bonds is 4. The third-order valence-electron chi connectivity index (χ3n) is 5.43.